The lowest BCUT2D eigenvalue weighted by Crippen LogP contribution is -2.30. The Morgan fingerprint density at radius 3 is 0.563 bits per heavy atom. The molecular formula is C65H126O6. The van der Waals surface area contributed by atoms with Crippen LogP contribution in [0.5, 0.6) is 0 Å². The Hall–Kier alpha value is -1.59. The molecule has 0 aliphatic rings. The van der Waals surface area contributed by atoms with Gasteiger partial charge in [-0.25, -0.2) is 0 Å². The van der Waals surface area contributed by atoms with Crippen molar-refractivity contribution < 1.29 is 28.6 Å². The second-order valence-corrected chi connectivity index (χ2v) is 22.4. The van der Waals surface area contributed by atoms with Gasteiger partial charge in [0.15, 0.2) is 6.10 Å². The molecule has 0 heterocycles. The van der Waals surface area contributed by atoms with Crippen molar-refractivity contribution in [3.63, 3.8) is 0 Å². The summed E-state index contributed by atoms with van der Waals surface area (Å²) in [6.07, 6.45) is 70.1. The zero-order valence-electron chi connectivity index (χ0n) is 48.5. The van der Waals surface area contributed by atoms with Crippen molar-refractivity contribution in [2.24, 2.45) is 0 Å². The maximum Gasteiger partial charge on any atom is 0.306 e. The highest BCUT2D eigenvalue weighted by molar-refractivity contribution is 5.71. The van der Waals surface area contributed by atoms with Crippen LogP contribution in [0.15, 0.2) is 0 Å². The molecular weight excluding hydrogens is 877 g/mol. The molecule has 1 unspecified atom stereocenters. The molecule has 0 saturated carbocycles. The van der Waals surface area contributed by atoms with Gasteiger partial charge in [-0.3, -0.25) is 14.4 Å². The van der Waals surface area contributed by atoms with E-state index in [1.807, 2.05) is 0 Å². The van der Waals surface area contributed by atoms with E-state index < -0.39 is 6.10 Å². The van der Waals surface area contributed by atoms with Gasteiger partial charge in [0.2, 0.25) is 0 Å². The van der Waals surface area contributed by atoms with E-state index in [-0.39, 0.29) is 31.1 Å². The Kier molecular flexibility index (Phi) is 59.6. The van der Waals surface area contributed by atoms with E-state index in [2.05, 4.69) is 20.8 Å². The number of unbranched alkanes of at least 4 members (excludes halogenated alkanes) is 50. The first kappa shape index (κ1) is 69.4. The summed E-state index contributed by atoms with van der Waals surface area (Å²) >= 11 is 0. The summed E-state index contributed by atoms with van der Waals surface area (Å²) in [5, 5.41) is 0. The van der Waals surface area contributed by atoms with E-state index in [1.54, 1.807) is 0 Å². The third kappa shape index (κ3) is 59.2. The number of carbonyl (C=O) groups excluding carboxylic acids is 3. The Balaban J connectivity index is 3.98. The molecule has 6 nitrogen and oxygen atoms in total. The molecule has 0 rings (SSSR count). The summed E-state index contributed by atoms with van der Waals surface area (Å²) in [4.78, 5) is 38.1. The fourth-order valence-corrected chi connectivity index (χ4v) is 10.2. The first-order valence-corrected chi connectivity index (χ1v) is 32.5. The van der Waals surface area contributed by atoms with E-state index in [0.717, 1.165) is 57.8 Å². The zero-order chi connectivity index (χ0) is 51.4. The molecule has 0 saturated heterocycles. The van der Waals surface area contributed by atoms with Crippen molar-refractivity contribution in [2.75, 3.05) is 13.2 Å². The summed E-state index contributed by atoms with van der Waals surface area (Å²) in [6, 6.07) is 0. The fourth-order valence-electron chi connectivity index (χ4n) is 10.2. The van der Waals surface area contributed by atoms with Crippen LogP contribution < -0.4 is 0 Å². The summed E-state index contributed by atoms with van der Waals surface area (Å²) in [5.74, 6) is -0.836. The van der Waals surface area contributed by atoms with Gasteiger partial charge in [-0.05, 0) is 19.3 Å². The SMILES string of the molecule is CCCCCCCCCCCCCCCCCCCCCCCCCCCCCCCCC(=O)OCC(COC(=O)CCCCCCCCCC)OC(=O)CCCCCCCCCCCCCCCCC. The molecule has 0 N–H and O–H groups in total. The van der Waals surface area contributed by atoms with Crippen LogP contribution >= 0.6 is 0 Å². The first-order chi connectivity index (χ1) is 35.0. The van der Waals surface area contributed by atoms with Crippen molar-refractivity contribution in [3.8, 4) is 0 Å². The van der Waals surface area contributed by atoms with Crippen LogP contribution in [0.2, 0.25) is 0 Å². The molecule has 0 aromatic rings. The molecule has 0 spiro atoms. The standard InChI is InChI=1S/C65H126O6/c1-4-7-10-13-16-19-21-23-25-26-27-28-29-30-31-32-33-34-35-36-37-38-39-41-42-44-46-49-52-55-58-64(67)70-61-62(60-69-63(66)57-54-51-48-18-15-12-9-6-3)71-65(68)59-56-53-50-47-45-43-40-24-22-20-17-14-11-8-5-2/h62H,4-61H2,1-3H3. The molecule has 422 valence electrons. The lowest BCUT2D eigenvalue weighted by atomic mass is 10.0. The lowest BCUT2D eigenvalue weighted by Gasteiger charge is -2.18. The summed E-state index contributed by atoms with van der Waals surface area (Å²) < 4.78 is 16.9. The van der Waals surface area contributed by atoms with Crippen molar-refractivity contribution in [1.82, 2.24) is 0 Å². The Bertz CT molecular complexity index is 1060. The normalized spacial score (nSPS) is 11.9. The summed E-state index contributed by atoms with van der Waals surface area (Å²) in [7, 11) is 0. The highest BCUT2D eigenvalue weighted by atomic mass is 16.6. The zero-order valence-corrected chi connectivity index (χ0v) is 48.5. The Morgan fingerprint density at radius 1 is 0.225 bits per heavy atom. The van der Waals surface area contributed by atoms with E-state index >= 15 is 0 Å². The van der Waals surface area contributed by atoms with Crippen LogP contribution in [0.25, 0.3) is 0 Å². The van der Waals surface area contributed by atoms with Gasteiger partial charge in [0, 0.05) is 19.3 Å². The fraction of sp³-hybridized carbons (Fsp3) is 0.954. The third-order valence-electron chi connectivity index (χ3n) is 15.1. The molecule has 0 amide bonds. The van der Waals surface area contributed by atoms with Gasteiger partial charge in [0.05, 0.1) is 0 Å². The largest absolute Gasteiger partial charge is 0.462 e. The molecule has 71 heavy (non-hydrogen) atoms. The molecule has 6 heteroatoms. The number of hydrogen-bond acceptors (Lipinski definition) is 6. The molecule has 0 fully saturated rings. The van der Waals surface area contributed by atoms with Crippen molar-refractivity contribution in [1.29, 1.82) is 0 Å². The third-order valence-corrected chi connectivity index (χ3v) is 15.1. The van der Waals surface area contributed by atoms with Gasteiger partial charge >= 0.3 is 17.9 Å². The number of ether oxygens (including phenoxy) is 3. The van der Waals surface area contributed by atoms with Gasteiger partial charge in [-0.1, -0.05) is 342 Å². The Morgan fingerprint density at radius 2 is 0.380 bits per heavy atom. The minimum atomic E-state index is -0.760. The molecule has 0 radical (unpaired) electrons. The molecule has 0 bridgehead atoms. The van der Waals surface area contributed by atoms with Crippen molar-refractivity contribution in [3.05, 3.63) is 0 Å². The monoisotopic (exact) mass is 1000 g/mol. The van der Waals surface area contributed by atoms with Gasteiger partial charge in [0.25, 0.3) is 0 Å². The summed E-state index contributed by atoms with van der Waals surface area (Å²) in [6.45, 7) is 6.69. The van der Waals surface area contributed by atoms with Crippen LogP contribution in [-0.2, 0) is 28.6 Å². The van der Waals surface area contributed by atoms with Crippen LogP contribution in [0.4, 0.5) is 0 Å². The summed E-state index contributed by atoms with van der Waals surface area (Å²) in [5.41, 5.74) is 0. The van der Waals surface area contributed by atoms with Gasteiger partial charge in [-0.15, -0.1) is 0 Å². The smallest absolute Gasteiger partial charge is 0.306 e. The predicted molar refractivity (Wildman–Crippen MR) is 307 cm³/mol. The maximum absolute atomic E-state index is 12.8. The number of esters is 3. The van der Waals surface area contributed by atoms with Crippen molar-refractivity contribution in [2.45, 2.75) is 386 Å². The molecule has 1 atom stereocenters. The molecule has 0 aromatic heterocycles. The maximum atomic E-state index is 12.8. The molecule has 0 aliphatic carbocycles. The first-order valence-electron chi connectivity index (χ1n) is 32.5. The van der Waals surface area contributed by atoms with Gasteiger partial charge < -0.3 is 14.2 Å². The van der Waals surface area contributed by atoms with E-state index in [1.165, 1.54) is 283 Å². The predicted octanol–water partition coefficient (Wildman–Crippen LogP) is 21.9. The van der Waals surface area contributed by atoms with Crippen LogP contribution in [0.1, 0.15) is 380 Å². The lowest BCUT2D eigenvalue weighted by molar-refractivity contribution is -0.167. The van der Waals surface area contributed by atoms with Gasteiger partial charge in [-0.2, -0.15) is 0 Å². The van der Waals surface area contributed by atoms with Crippen LogP contribution in [0, 0.1) is 0 Å². The number of carbonyl (C=O) groups is 3. The topological polar surface area (TPSA) is 78.9 Å². The quantitative estimate of drug-likeness (QED) is 0.0343. The van der Waals surface area contributed by atoms with Gasteiger partial charge in [0.1, 0.15) is 13.2 Å². The highest BCUT2D eigenvalue weighted by Crippen LogP contribution is 2.19. The van der Waals surface area contributed by atoms with E-state index in [9.17, 15) is 14.4 Å². The van der Waals surface area contributed by atoms with E-state index in [4.69, 9.17) is 14.2 Å². The van der Waals surface area contributed by atoms with Crippen LogP contribution in [0.3, 0.4) is 0 Å². The average Bonchev–Trinajstić information content (AvgIpc) is 3.37. The minimum absolute atomic E-state index is 0.0614. The second-order valence-electron chi connectivity index (χ2n) is 22.4. The molecule has 0 aromatic carbocycles. The highest BCUT2D eigenvalue weighted by Gasteiger charge is 2.19. The van der Waals surface area contributed by atoms with Crippen LogP contribution in [-0.4, -0.2) is 37.2 Å². The number of rotatable bonds is 61. The minimum Gasteiger partial charge on any atom is -0.462 e. The second kappa shape index (κ2) is 61.0. The Labute approximate surface area is 444 Å². The van der Waals surface area contributed by atoms with Crippen molar-refractivity contribution >= 4 is 17.9 Å². The average molecular weight is 1000 g/mol. The number of hydrogen-bond donors (Lipinski definition) is 0. The molecule has 0 aliphatic heterocycles. The van der Waals surface area contributed by atoms with E-state index in [0.29, 0.717) is 19.3 Å².